The van der Waals surface area contributed by atoms with Crippen molar-refractivity contribution in [3.8, 4) is 11.3 Å². The van der Waals surface area contributed by atoms with Gasteiger partial charge in [-0.3, -0.25) is 20.0 Å². The minimum absolute atomic E-state index is 0.0290. The summed E-state index contributed by atoms with van der Waals surface area (Å²) in [7, 11) is 1.29. The van der Waals surface area contributed by atoms with Crippen molar-refractivity contribution >= 4 is 28.9 Å². The summed E-state index contributed by atoms with van der Waals surface area (Å²) in [6, 6.07) is 33.9. The maximum atomic E-state index is 14.1. The van der Waals surface area contributed by atoms with Gasteiger partial charge in [-0.1, -0.05) is 91.0 Å². The van der Waals surface area contributed by atoms with Crippen LogP contribution in [0.5, 0.6) is 0 Å². The van der Waals surface area contributed by atoms with E-state index in [1.807, 2.05) is 76.5 Å². The number of aromatic nitrogens is 4. The van der Waals surface area contributed by atoms with Gasteiger partial charge in [0.05, 0.1) is 41.6 Å². The molecule has 3 aliphatic rings. The summed E-state index contributed by atoms with van der Waals surface area (Å²) in [5.74, 6) is 0.580. The van der Waals surface area contributed by atoms with E-state index in [0.29, 0.717) is 18.7 Å². The molecule has 3 fully saturated rings. The lowest BCUT2D eigenvalue weighted by Gasteiger charge is -2.34. The first kappa shape index (κ1) is 39.1. The largest absolute Gasteiger partial charge is 0.453 e. The Labute approximate surface area is 347 Å². The molecule has 5 heterocycles. The fourth-order valence-corrected chi connectivity index (χ4v) is 8.60. The average molecular weight is 809 g/mol. The van der Waals surface area contributed by atoms with Crippen molar-refractivity contribution in [2.75, 3.05) is 27.0 Å². The molecule has 60 heavy (non-hydrogen) atoms. The van der Waals surface area contributed by atoms with E-state index in [1.165, 1.54) is 18.2 Å². The molecule has 2 aromatic heterocycles. The lowest BCUT2D eigenvalue weighted by atomic mass is 10.0. The number of ether oxygens (including phenoxy) is 3. The molecule has 4 atom stereocenters. The molecule has 4 N–H and O–H groups in total. The van der Waals surface area contributed by atoms with E-state index in [2.05, 4.69) is 68.3 Å². The molecule has 14 heteroatoms. The number of likely N-dealkylation sites (tertiary alicyclic amines) is 2. The number of nitrogens with one attached hydrogen (secondary N) is 4. The second kappa shape index (κ2) is 17.5. The number of amides is 3. The summed E-state index contributed by atoms with van der Waals surface area (Å²) in [6.07, 6.45) is 3.77. The van der Waals surface area contributed by atoms with Crippen LogP contribution in [0.15, 0.2) is 109 Å². The van der Waals surface area contributed by atoms with Crippen molar-refractivity contribution in [2.45, 2.75) is 69.1 Å². The van der Waals surface area contributed by atoms with Gasteiger partial charge in [-0.2, -0.15) is 5.10 Å². The van der Waals surface area contributed by atoms with Gasteiger partial charge in [0.1, 0.15) is 17.9 Å². The molecule has 0 aliphatic carbocycles. The highest BCUT2D eigenvalue weighted by Crippen LogP contribution is 2.36. The first-order valence-electron chi connectivity index (χ1n) is 20.6. The maximum Gasteiger partial charge on any atom is 0.407 e. The smallest absolute Gasteiger partial charge is 0.407 e. The zero-order chi connectivity index (χ0) is 41.0. The van der Waals surface area contributed by atoms with Crippen LogP contribution >= 0.6 is 0 Å². The number of nitrogens with zero attached hydrogens (tertiary/aromatic N) is 4. The number of hydrogen-bond donors (Lipinski definition) is 4. The third-order valence-electron chi connectivity index (χ3n) is 11.8. The maximum absolute atomic E-state index is 14.1. The monoisotopic (exact) mass is 808 g/mol. The number of methoxy groups -OCH3 is 1. The molecule has 6 aromatic rings. The number of aryl methyl sites for hydroxylation is 2. The van der Waals surface area contributed by atoms with Crippen LogP contribution in [-0.4, -0.2) is 81.3 Å². The molecular weight excluding hydrogens is 761 g/mol. The number of H-pyrrole nitrogens is 2. The summed E-state index contributed by atoms with van der Waals surface area (Å²) in [5, 5.41) is 13.8. The summed E-state index contributed by atoms with van der Waals surface area (Å²) in [5.41, 5.74) is 8.41. The minimum Gasteiger partial charge on any atom is -0.453 e. The Balaban J connectivity index is 0.835. The van der Waals surface area contributed by atoms with E-state index >= 15 is 0 Å². The summed E-state index contributed by atoms with van der Waals surface area (Å²) in [6.45, 7) is 1.44. The van der Waals surface area contributed by atoms with Gasteiger partial charge in [-0.15, -0.1) is 0 Å². The summed E-state index contributed by atoms with van der Waals surface area (Å²) < 4.78 is 15.7. The number of carbonyl (C=O) groups is 3. The lowest BCUT2D eigenvalue weighted by Crippen LogP contribution is -2.50. The van der Waals surface area contributed by atoms with Crippen molar-refractivity contribution in [3.63, 3.8) is 0 Å². The Hall–Kier alpha value is -6.35. The molecule has 3 saturated heterocycles. The molecule has 308 valence electrons. The number of benzene rings is 4. The second-order valence-corrected chi connectivity index (χ2v) is 15.5. The highest BCUT2D eigenvalue weighted by atomic mass is 16.9. The fourth-order valence-electron chi connectivity index (χ4n) is 8.60. The average Bonchev–Trinajstić information content (AvgIpc) is 4.11. The van der Waals surface area contributed by atoms with Gasteiger partial charge in [0, 0.05) is 18.7 Å². The van der Waals surface area contributed by atoms with E-state index < -0.39 is 24.6 Å². The Morgan fingerprint density at radius 2 is 1.42 bits per heavy atom. The van der Waals surface area contributed by atoms with Crippen LogP contribution in [-0.2, 0) is 36.6 Å². The molecule has 0 spiro atoms. The zero-order valence-corrected chi connectivity index (χ0v) is 33.4. The van der Waals surface area contributed by atoms with Crippen LogP contribution < -0.4 is 10.6 Å². The Morgan fingerprint density at radius 3 is 2.10 bits per heavy atom. The van der Waals surface area contributed by atoms with Gasteiger partial charge < -0.3 is 34.3 Å². The fraction of sp³-hybridized carbons (Fsp3) is 0.326. The third-order valence-corrected chi connectivity index (χ3v) is 11.8. The van der Waals surface area contributed by atoms with Crippen LogP contribution in [0.2, 0.25) is 0 Å². The van der Waals surface area contributed by atoms with Crippen LogP contribution in [0.3, 0.4) is 0 Å². The first-order chi connectivity index (χ1) is 29.4. The van der Waals surface area contributed by atoms with E-state index in [1.54, 1.807) is 0 Å². The Kier molecular flexibility index (Phi) is 11.4. The Bertz CT molecular complexity index is 2430. The quantitative estimate of drug-likeness (QED) is 0.0984. The molecule has 4 aromatic carbocycles. The highest BCUT2D eigenvalue weighted by Gasteiger charge is 2.39. The molecule has 3 amide bonds. The van der Waals surface area contributed by atoms with Gasteiger partial charge >= 0.3 is 6.09 Å². The number of carbonyl (C=O) groups excluding carboxylic acids is 3. The van der Waals surface area contributed by atoms with Crippen LogP contribution in [0.25, 0.3) is 22.3 Å². The van der Waals surface area contributed by atoms with E-state index in [0.717, 1.165) is 77.9 Å². The van der Waals surface area contributed by atoms with E-state index in [-0.39, 0.29) is 30.7 Å². The molecule has 0 radical (unpaired) electrons. The number of alkyl carbamates (subject to hydrolysis) is 1. The van der Waals surface area contributed by atoms with Crippen molar-refractivity contribution in [1.29, 1.82) is 0 Å². The number of rotatable bonds is 13. The van der Waals surface area contributed by atoms with Gasteiger partial charge in [0.2, 0.25) is 18.2 Å². The zero-order valence-electron chi connectivity index (χ0n) is 33.4. The van der Waals surface area contributed by atoms with Crippen molar-refractivity contribution in [2.24, 2.45) is 0 Å². The number of fused-ring (bicyclic) bond motifs is 1. The van der Waals surface area contributed by atoms with E-state index in [9.17, 15) is 14.4 Å². The molecule has 0 bridgehead atoms. The molecule has 0 unspecified atom stereocenters. The predicted octanol–water partition coefficient (Wildman–Crippen LogP) is 6.78. The van der Waals surface area contributed by atoms with Crippen LogP contribution in [0.1, 0.15) is 83.6 Å². The predicted molar refractivity (Wildman–Crippen MR) is 223 cm³/mol. The molecule has 3 aliphatic heterocycles. The van der Waals surface area contributed by atoms with Crippen molar-refractivity contribution < 1.29 is 28.6 Å². The second-order valence-electron chi connectivity index (χ2n) is 15.5. The number of hydrogen-bond acceptors (Lipinski definition) is 9. The van der Waals surface area contributed by atoms with Gasteiger partial charge in [0.15, 0.2) is 6.79 Å². The first-order valence-corrected chi connectivity index (χ1v) is 20.6. The molecule has 9 rings (SSSR count). The SMILES string of the molecule is COC(=O)N[C@@H](C(=O)N1CCC[C@H]1c1cc(-c2ccc(CCc3ccc4[nH]c([C@@H]5CCCN5C(=O)[C@H](NC5OCO5)c5ccccc5)nc4c3)cc2)n[nH]1)c1ccccc1. The number of imidazole rings is 1. The van der Waals surface area contributed by atoms with Crippen molar-refractivity contribution in [3.05, 3.63) is 143 Å². The Morgan fingerprint density at radius 1 is 0.783 bits per heavy atom. The normalized spacial score (nSPS) is 18.9. The standard InChI is InChI=1S/C46H48N8O6/c1-58-45(57)49-40(32-10-4-2-5-11-32)43(55)53-24-8-14-38(53)37-27-35(51-52-37)31-21-18-29(19-22-31)16-17-30-20-23-34-36(26-30)48-42(47-34)39-15-9-25-54(39)44(56)41(50-46-59-28-60-46)33-12-6-3-7-13-33/h2-7,10-13,18-23,26-27,38-41,46,50H,8-9,14-17,24-25,28H2,1H3,(H,47,48)(H,49,57)(H,51,52)/t38-,39-,40+,41+/m0/s1. The van der Waals surface area contributed by atoms with Gasteiger partial charge in [0.25, 0.3) is 0 Å². The number of aromatic amines is 2. The lowest BCUT2D eigenvalue weighted by molar-refractivity contribution is -0.335. The minimum atomic E-state index is -0.863. The van der Waals surface area contributed by atoms with E-state index in [4.69, 9.17) is 19.2 Å². The topological polar surface area (TPSA) is 167 Å². The van der Waals surface area contributed by atoms with Gasteiger partial charge in [-0.25, -0.2) is 9.78 Å². The van der Waals surface area contributed by atoms with Crippen LogP contribution in [0.4, 0.5) is 4.79 Å². The summed E-state index contributed by atoms with van der Waals surface area (Å²) >= 11 is 0. The third kappa shape index (κ3) is 8.26. The molecule has 14 nitrogen and oxygen atoms in total. The highest BCUT2D eigenvalue weighted by molar-refractivity contribution is 5.87. The summed E-state index contributed by atoms with van der Waals surface area (Å²) in [4.78, 5) is 52.5. The van der Waals surface area contributed by atoms with Gasteiger partial charge in [-0.05, 0) is 79.0 Å². The molecular formula is C46H48N8O6. The molecule has 0 saturated carbocycles. The van der Waals surface area contributed by atoms with Crippen molar-refractivity contribution in [1.82, 2.24) is 40.6 Å². The van der Waals surface area contributed by atoms with Crippen LogP contribution in [0, 0.1) is 0 Å².